The van der Waals surface area contributed by atoms with Gasteiger partial charge in [0, 0.05) is 25.7 Å². The quantitative estimate of drug-likeness (QED) is 0.333. The molecule has 6 nitrogen and oxygen atoms in total. The van der Waals surface area contributed by atoms with Gasteiger partial charge in [0.25, 0.3) is 0 Å². The molecule has 0 bridgehead atoms. The van der Waals surface area contributed by atoms with Gasteiger partial charge in [0.1, 0.15) is 0 Å². The lowest BCUT2D eigenvalue weighted by atomic mass is 10.1. The zero-order valence-electron chi connectivity index (χ0n) is 15.2. The van der Waals surface area contributed by atoms with Crippen LogP contribution in [0.2, 0.25) is 0 Å². The minimum Gasteiger partial charge on any atom is -0.493 e. The van der Waals surface area contributed by atoms with Gasteiger partial charge in [-0.1, -0.05) is 6.07 Å². The normalized spacial score (nSPS) is 11.4. The highest BCUT2D eigenvalue weighted by Crippen LogP contribution is 2.39. The van der Waals surface area contributed by atoms with Crippen molar-refractivity contribution in [1.29, 1.82) is 0 Å². The summed E-state index contributed by atoms with van der Waals surface area (Å²) in [4.78, 5) is 3.89. The number of nitrogens with zero attached hydrogens (tertiary/aromatic N) is 1. The number of ether oxygens (including phenoxy) is 3. The number of hydrogen-bond donors (Lipinski definition) is 2. The van der Waals surface area contributed by atoms with Crippen LogP contribution >= 0.6 is 24.0 Å². The SMILES string of the molecule is CN=C(NCCc1ccc(OC)c(OC)c1OC)NCCC(F)(F)F.I. The molecule has 0 amide bonds. The second kappa shape index (κ2) is 11.9. The van der Waals surface area contributed by atoms with E-state index in [9.17, 15) is 13.2 Å². The van der Waals surface area contributed by atoms with E-state index in [1.807, 2.05) is 6.07 Å². The summed E-state index contributed by atoms with van der Waals surface area (Å²) in [5.74, 6) is 1.92. The maximum absolute atomic E-state index is 12.2. The molecule has 1 rings (SSSR count). The van der Waals surface area contributed by atoms with Crippen LogP contribution in [0, 0.1) is 0 Å². The molecule has 0 aliphatic rings. The van der Waals surface area contributed by atoms with Crippen LogP contribution in [0.15, 0.2) is 17.1 Å². The molecule has 26 heavy (non-hydrogen) atoms. The zero-order chi connectivity index (χ0) is 18.9. The first-order chi connectivity index (χ1) is 11.9. The molecule has 0 aliphatic carbocycles. The molecule has 10 heteroatoms. The smallest absolute Gasteiger partial charge is 0.390 e. The van der Waals surface area contributed by atoms with Crippen LogP contribution in [-0.2, 0) is 6.42 Å². The molecule has 0 unspecified atom stereocenters. The Hall–Kier alpha value is -1.59. The molecule has 0 atom stereocenters. The summed E-state index contributed by atoms with van der Waals surface area (Å²) in [5, 5.41) is 5.59. The Bertz CT molecular complexity index is 584. The first-order valence-corrected chi connectivity index (χ1v) is 7.65. The van der Waals surface area contributed by atoms with Crippen LogP contribution in [0.4, 0.5) is 13.2 Å². The average molecular weight is 491 g/mol. The van der Waals surface area contributed by atoms with E-state index in [0.717, 1.165) is 5.56 Å². The van der Waals surface area contributed by atoms with Gasteiger partial charge in [0.15, 0.2) is 17.5 Å². The Balaban J connectivity index is 0.00000625. The summed E-state index contributed by atoms with van der Waals surface area (Å²) in [6, 6.07) is 3.62. The molecular formula is C16H25F3IN3O3. The van der Waals surface area contributed by atoms with Crippen molar-refractivity contribution in [2.24, 2.45) is 4.99 Å². The van der Waals surface area contributed by atoms with Crippen molar-refractivity contribution in [2.75, 3.05) is 41.5 Å². The fourth-order valence-electron chi connectivity index (χ4n) is 2.22. The van der Waals surface area contributed by atoms with Crippen molar-refractivity contribution in [2.45, 2.75) is 19.0 Å². The third-order valence-corrected chi connectivity index (χ3v) is 3.40. The molecule has 0 saturated heterocycles. The lowest BCUT2D eigenvalue weighted by molar-refractivity contribution is -0.132. The van der Waals surface area contributed by atoms with E-state index in [-0.39, 0.29) is 30.5 Å². The number of alkyl halides is 3. The van der Waals surface area contributed by atoms with Crippen LogP contribution in [-0.4, -0.2) is 53.6 Å². The van der Waals surface area contributed by atoms with Crippen LogP contribution in [0.3, 0.4) is 0 Å². The van der Waals surface area contributed by atoms with Gasteiger partial charge in [-0.05, 0) is 12.5 Å². The minimum atomic E-state index is -4.20. The molecule has 0 aromatic heterocycles. The number of halogens is 4. The fourth-order valence-corrected chi connectivity index (χ4v) is 2.22. The van der Waals surface area contributed by atoms with Gasteiger partial charge < -0.3 is 24.8 Å². The van der Waals surface area contributed by atoms with E-state index in [1.54, 1.807) is 6.07 Å². The van der Waals surface area contributed by atoms with Gasteiger partial charge in [-0.25, -0.2) is 0 Å². The van der Waals surface area contributed by atoms with Gasteiger partial charge in [-0.15, -0.1) is 24.0 Å². The van der Waals surface area contributed by atoms with Crippen LogP contribution in [0.25, 0.3) is 0 Å². The molecule has 0 heterocycles. The Morgan fingerprint density at radius 3 is 2.12 bits per heavy atom. The van der Waals surface area contributed by atoms with Crippen LogP contribution in [0.5, 0.6) is 17.2 Å². The van der Waals surface area contributed by atoms with Crippen molar-refractivity contribution < 1.29 is 27.4 Å². The monoisotopic (exact) mass is 491 g/mol. The second-order valence-electron chi connectivity index (χ2n) is 5.03. The van der Waals surface area contributed by atoms with Crippen molar-refractivity contribution in [3.63, 3.8) is 0 Å². The van der Waals surface area contributed by atoms with Crippen molar-refractivity contribution in [3.05, 3.63) is 17.7 Å². The molecule has 0 radical (unpaired) electrons. The van der Waals surface area contributed by atoms with Crippen LogP contribution in [0.1, 0.15) is 12.0 Å². The Morgan fingerprint density at radius 2 is 1.62 bits per heavy atom. The number of rotatable bonds is 8. The first kappa shape index (κ1) is 24.4. The molecule has 0 saturated carbocycles. The predicted molar refractivity (Wildman–Crippen MR) is 105 cm³/mol. The van der Waals surface area contributed by atoms with Crippen molar-refractivity contribution in [1.82, 2.24) is 10.6 Å². The lowest BCUT2D eigenvalue weighted by Gasteiger charge is -2.17. The third-order valence-electron chi connectivity index (χ3n) is 3.40. The molecule has 150 valence electrons. The highest BCUT2D eigenvalue weighted by Gasteiger charge is 2.26. The molecule has 1 aromatic carbocycles. The minimum absolute atomic E-state index is 0. The number of hydrogen-bond acceptors (Lipinski definition) is 4. The van der Waals surface area contributed by atoms with E-state index in [1.165, 1.54) is 28.4 Å². The van der Waals surface area contributed by atoms with Crippen molar-refractivity contribution >= 4 is 29.9 Å². The summed E-state index contributed by atoms with van der Waals surface area (Å²) in [6.07, 6.45) is -4.56. The summed E-state index contributed by atoms with van der Waals surface area (Å²) in [6.45, 7) is 0.223. The van der Waals surface area contributed by atoms with E-state index in [2.05, 4.69) is 15.6 Å². The zero-order valence-corrected chi connectivity index (χ0v) is 17.5. The molecule has 0 spiro atoms. The largest absolute Gasteiger partial charge is 0.493 e. The first-order valence-electron chi connectivity index (χ1n) is 7.65. The fraction of sp³-hybridized carbons (Fsp3) is 0.562. The highest BCUT2D eigenvalue weighted by molar-refractivity contribution is 14.0. The standard InChI is InChI=1S/C16H24F3N3O3.HI/c1-20-15(22-10-8-16(17,18)19)21-9-7-11-5-6-12(23-2)14(25-4)13(11)24-3;/h5-6H,7-10H2,1-4H3,(H2,20,21,22);1H. The van der Waals surface area contributed by atoms with Crippen LogP contribution < -0.4 is 24.8 Å². The number of methoxy groups -OCH3 is 3. The summed E-state index contributed by atoms with van der Waals surface area (Å²) >= 11 is 0. The Kier molecular flexibility index (Phi) is 11.2. The van der Waals surface area contributed by atoms with E-state index in [0.29, 0.717) is 36.2 Å². The number of aliphatic imine (C=N–C) groups is 1. The van der Waals surface area contributed by atoms with Gasteiger partial charge in [0.2, 0.25) is 5.75 Å². The molecule has 2 N–H and O–H groups in total. The summed E-state index contributed by atoms with van der Waals surface area (Å²) in [5.41, 5.74) is 0.874. The lowest BCUT2D eigenvalue weighted by Crippen LogP contribution is -2.39. The number of guanidine groups is 1. The topological polar surface area (TPSA) is 64.1 Å². The van der Waals surface area contributed by atoms with Gasteiger partial charge in [0.05, 0.1) is 27.8 Å². The average Bonchev–Trinajstić information content (AvgIpc) is 2.58. The maximum atomic E-state index is 12.2. The third kappa shape index (κ3) is 7.75. The van der Waals surface area contributed by atoms with Gasteiger partial charge in [-0.3, -0.25) is 4.99 Å². The Morgan fingerprint density at radius 1 is 1.00 bits per heavy atom. The highest BCUT2D eigenvalue weighted by atomic mass is 127. The number of benzene rings is 1. The van der Waals surface area contributed by atoms with E-state index >= 15 is 0 Å². The van der Waals surface area contributed by atoms with Gasteiger partial charge in [-0.2, -0.15) is 13.2 Å². The second-order valence-corrected chi connectivity index (χ2v) is 5.03. The number of nitrogens with one attached hydrogen (secondary N) is 2. The van der Waals surface area contributed by atoms with E-state index in [4.69, 9.17) is 14.2 Å². The maximum Gasteiger partial charge on any atom is 0.390 e. The molecular weight excluding hydrogens is 466 g/mol. The van der Waals surface area contributed by atoms with Crippen molar-refractivity contribution in [3.8, 4) is 17.2 Å². The molecule has 0 aliphatic heterocycles. The van der Waals surface area contributed by atoms with Gasteiger partial charge >= 0.3 is 6.18 Å². The molecule has 0 fully saturated rings. The Labute approximate surface area is 168 Å². The molecule has 1 aromatic rings. The van der Waals surface area contributed by atoms with E-state index < -0.39 is 12.6 Å². The summed E-state index contributed by atoms with van der Waals surface area (Å²) in [7, 11) is 6.09. The predicted octanol–water partition coefficient (Wildman–Crippen LogP) is 2.99. The summed E-state index contributed by atoms with van der Waals surface area (Å²) < 4.78 is 52.4.